The van der Waals surface area contributed by atoms with Gasteiger partial charge in [0.15, 0.2) is 0 Å². The molecule has 2 aromatic heterocycles. The lowest BCUT2D eigenvalue weighted by molar-refractivity contribution is 0.438. The van der Waals surface area contributed by atoms with Crippen LogP contribution in [0.3, 0.4) is 0 Å². The summed E-state index contributed by atoms with van der Waals surface area (Å²) in [7, 11) is 0. The molecule has 0 aromatic carbocycles. The highest BCUT2D eigenvalue weighted by Crippen LogP contribution is 2.33. The molecule has 0 fully saturated rings. The maximum Gasteiger partial charge on any atom is 0.225 e. The van der Waals surface area contributed by atoms with Gasteiger partial charge in [-0.1, -0.05) is 25.9 Å². The molecule has 0 aliphatic rings. The number of nitrogen functional groups attached to an aromatic ring is 1. The Hall–Kier alpha value is -1.29. The number of hydrogen-bond donors (Lipinski definition) is 1. The zero-order valence-corrected chi connectivity index (χ0v) is 11.3. The van der Waals surface area contributed by atoms with Crippen LogP contribution in [0.25, 0.3) is 10.6 Å². The Balaban J connectivity index is 2.37. The molecule has 4 heteroatoms. The normalized spacial score (nSPS) is 11.3. The number of rotatable bonds is 4. The van der Waals surface area contributed by atoms with Crippen molar-refractivity contribution in [2.45, 2.75) is 33.6 Å². The molecule has 0 aliphatic heterocycles. The van der Waals surface area contributed by atoms with Crippen LogP contribution in [-0.2, 0) is 12.8 Å². The van der Waals surface area contributed by atoms with E-state index in [0.29, 0.717) is 11.8 Å². The minimum Gasteiger partial charge on any atom is -0.367 e. The molecule has 2 aromatic rings. The molecule has 0 saturated heterocycles. The zero-order chi connectivity index (χ0) is 12.4. The summed E-state index contributed by atoms with van der Waals surface area (Å²) < 4.78 is 5.13. The maximum atomic E-state index is 5.84. The average molecular weight is 250 g/mol. The Kier molecular flexibility index (Phi) is 3.52. The van der Waals surface area contributed by atoms with Crippen LogP contribution in [0.2, 0.25) is 0 Å². The van der Waals surface area contributed by atoms with Gasteiger partial charge in [-0.25, -0.2) is 0 Å². The van der Waals surface area contributed by atoms with Crippen molar-refractivity contribution in [1.29, 1.82) is 0 Å². The molecule has 0 aliphatic carbocycles. The Bertz CT molecular complexity index is 499. The summed E-state index contributed by atoms with van der Waals surface area (Å²) in [6.45, 7) is 6.49. The molecule has 0 radical (unpaired) electrons. The Morgan fingerprint density at radius 1 is 1.41 bits per heavy atom. The van der Waals surface area contributed by atoms with Crippen LogP contribution in [-0.4, -0.2) is 5.16 Å². The predicted molar refractivity (Wildman–Crippen MR) is 72.1 cm³/mol. The van der Waals surface area contributed by atoms with Crippen LogP contribution in [0.4, 0.5) is 5.88 Å². The quantitative estimate of drug-likeness (QED) is 0.899. The van der Waals surface area contributed by atoms with E-state index in [4.69, 9.17) is 10.3 Å². The minimum atomic E-state index is 0.458. The van der Waals surface area contributed by atoms with Crippen molar-refractivity contribution in [2.75, 3.05) is 5.73 Å². The molecule has 0 atom stereocenters. The number of nitrogens with two attached hydrogens (primary N) is 1. The van der Waals surface area contributed by atoms with Gasteiger partial charge in [-0.3, -0.25) is 0 Å². The van der Waals surface area contributed by atoms with E-state index in [2.05, 4.69) is 38.1 Å². The van der Waals surface area contributed by atoms with Gasteiger partial charge in [-0.2, -0.15) is 0 Å². The van der Waals surface area contributed by atoms with Crippen LogP contribution in [0, 0.1) is 5.92 Å². The minimum absolute atomic E-state index is 0.458. The molecule has 2 N–H and O–H groups in total. The topological polar surface area (TPSA) is 52.0 Å². The van der Waals surface area contributed by atoms with Crippen molar-refractivity contribution in [3.63, 3.8) is 0 Å². The molecule has 0 amide bonds. The fourth-order valence-corrected chi connectivity index (χ4v) is 2.77. The summed E-state index contributed by atoms with van der Waals surface area (Å²) >= 11 is 1.76. The first-order valence-corrected chi connectivity index (χ1v) is 6.76. The SMILES string of the molecule is CCc1ccc(-c2noc(N)c2CC(C)C)s1. The summed E-state index contributed by atoms with van der Waals surface area (Å²) in [6, 6.07) is 4.24. The molecule has 0 bridgehead atoms. The number of aryl methyl sites for hydroxylation is 1. The smallest absolute Gasteiger partial charge is 0.225 e. The van der Waals surface area contributed by atoms with Gasteiger partial charge in [0.2, 0.25) is 5.88 Å². The summed E-state index contributed by atoms with van der Waals surface area (Å²) in [5, 5.41) is 4.10. The average Bonchev–Trinajstić information content (AvgIpc) is 2.86. The fourth-order valence-electron chi connectivity index (χ4n) is 1.82. The van der Waals surface area contributed by atoms with E-state index in [9.17, 15) is 0 Å². The Labute approximate surface area is 106 Å². The van der Waals surface area contributed by atoms with Crippen molar-refractivity contribution < 1.29 is 4.52 Å². The molecule has 3 nitrogen and oxygen atoms in total. The molecular formula is C13H18N2OS. The molecule has 92 valence electrons. The van der Waals surface area contributed by atoms with Gasteiger partial charge in [0.25, 0.3) is 0 Å². The lowest BCUT2D eigenvalue weighted by Crippen LogP contribution is -1.98. The number of aromatic nitrogens is 1. The lowest BCUT2D eigenvalue weighted by atomic mass is 10.0. The van der Waals surface area contributed by atoms with E-state index in [1.807, 2.05) is 0 Å². The Morgan fingerprint density at radius 2 is 2.18 bits per heavy atom. The van der Waals surface area contributed by atoms with Crippen molar-refractivity contribution in [1.82, 2.24) is 5.16 Å². The number of hydrogen-bond acceptors (Lipinski definition) is 4. The highest BCUT2D eigenvalue weighted by atomic mass is 32.1. The second kappa shape index (κ2) is 4.92. The molecule has 2 heterocycles. The summed E-state index contributed by atoms with van der Waals surface area (Å²) in [4.78, 5) is 2.51. The van der Waals surface area contributed by atoms with Crippen LogP contribution in [0.1, 0.15) is 31.2 Å². The first-order chi connectivity index (χ1) is 8.11. The second-order valence-electron chi connectivity index (χ2n) is 4.59. The highest BCUT2D eigenvalue weighted by Gasteiger charge is 2.17. The van der Waals surface area contributed by atoms with Gasteiger partial charge in [-0.15, -0.1) is 11.3 Å². The van der Waals surface area contributed by atoms with Crippen LogP contribution >= 0.6 is 11.3 Å². The van der Waals surface area contributed by atoms with E-state index in [-0.39, 0.29) is 0 Å². The Morgan fingerprint density at radius 3 is 2.76 bits per heavy atom. The van der Waals surface area contributed by atoms with Crippen molar-refractivity contribution in [3.8, 4) is 10.6 Å². The predicted octanol–water partition coefficient (Wildman–Crippen LogP) is 3.75. The van der Waals surface area contributed by atoms with Gasteiger partial charge in [0.05, 0.1) is 4.88 Å². The number of nitrogens with zero attached hydrogens (tertiary/aromatic N) is 1. The largest absolute Gasteiger partial charge is 0.367 e. The third kappa shape index (κ3) is 2.52. The van der Waals surface area contributed by atoms with Gasteiger partial charge in [0, 0.05) is 10.4 Å². The maximum absolute atomic E-state index is 5.84. The number of anilines is 1. The first kappa shape index (κ1) is 12.2. The second-order valence-corrected chi connectivity index (χ2v) is 5.76. The van der Waals surface area contributed by atoms with Crippen LogP contribution in [0.5, 0.6) is 0 Å². The summed E-state index contributed by atoms with van der Waals surface area (Å²) in [6.07, 6.45) is 1.96. The van der Waals surface area contributed by atoms with Crippen molar-refractivity contribution in [3.05, 3.63) is 22.6 Å². The summed E-state index contributed by atoms with van der Waals surface area (Å²) in [5.74, 6) is 1.00. The first-order valence-electron chi connectivity index (χ1n) is 5.95. The molecular weight excluding hydrogens is 232 g/mol. The van der Waals surface area contributed by atoms with E-state index in [0.717, 1.165) is 29.0 Å². The van der Waals surface area contributed by atoms with Crippen molar-refractivity contribution in [2.24, 2.45) is 5.92 Å². The highest BCUT2D eigenvalue weighted by molar-refractivity contribution is 7.15. The monoisotopic (exact) mass is 250 g/mol. The molecule has 0 spiro atoms. The molecule has 17 heavy (non-hydrogen) atoms. The van der Waals surface area contributed by atoms with Gasteiger partial charge >= 0.3 is 0 Å². The third-order valence-corrected chi connectivity index (χ3v) is 3.91. The van der Waals surface area contributed by atoms with Crippen LogP contribution in [0.15, 0.2) is 16.7 Å². The molecule has 2 rings (SSSR count). The van der Waals surface area contributed by atoms with E-state index in [1.165, 1.54) is 4.88 Å². The van der Waals surface area contributed by atoms with E-state index >= 15 is 0 Å². The number of thiophene rings is 1. The van der Waals surface area contributed by atoms with Crippen LogP contribution < -0.4 is 5.73 Å². The third-order valence-electron chi connectivity index (χ3n) is 2.67. The van der Waals surface area contributed by atoms with E-state index in [1.54, 1.807) is 11.3 Å². The zero-order valence-electron chi connectivity index (χ0n) is 10.5. The molecule has 0 saturated carbocycles. The van der Waals surface area contributed by atoms with Gasteiger partial charge in [-0.05, 0) is 30.9 Å². The summed E-state index contributed by atoms with van der Waals surface area (Å²) in [5.41, 5.74) is 7.81. The van der Waals surface area contributed by atoms with Gasteiger partial charge < -0.3 is 10.3 Å². The lowest BCUT2D eigenvalue weighted by Gasteiger charge is -2.03. The van der Waals surface area contributed by atoms with Gasteiger partial charge in [0.1, 0.15) is 5.69 Å². The standard InChI is InChI=1S/C13H18N2OS/c1-4-9-5-6-11(17-9)12-10(7-8(2)3)13(14)16-15-12/h5-6,8H,4,7,14H2,1-3H3. The van der Waals surface area contributed by atoms with E-state index < -0.39 is 0 Å². The fraction of sp³-hybridized carbons (Fsp3) is 0.462. The molecule has 0 unspecified atom stereocenters. The van der Waals surface area contributed by atoms with Crippen molar-refractivity contribution >= 4 is 17.2 Å².